The highest BCUT2D eigenvalue weighted by Crippen LogP contribution is 2.40. The van der Waals surface area contributed by atoms with Crippen molar-refractivity contribution in [2.24, 2.45) is 0 Å². The van der Waals surface area contributed by atoms with Crippen molar-refractivity contribution < 1.29 is 24.9 Å². The first-order chi connectivity index (χ1) is 18.7. The van der Waals surface area contributed by atoms with E-state index in [-0.39, 0.29) is 17.3 Å². The molecule has 0 heterocycles. The van der Waals surface area contributed by atoms with Crippen molar-refractivity contribution in [3.63, 3.8) is 0 Å². The number of aliphatic carboxylic acids is 2. The van der Waals surface area contributed by atoms with E-state index in [1.165, 1.54) is 83.5 Å². The number of carboxylic acid groups (broad SMARTS) is 2. The molecule has 0 atom stereocenters. The lowest BCUT2D eigenvalue weighted by Crippen LogP contribution is -2.18. The molecule has 0 aliphatic carbocycles. The topological polar surface area (TPSA) is 94.8 Å². The van der Waals surface area contributed by atoms with Crippen LogP contribution in [-0.4, -0.2) is 27.3 Å². The molecule has 232 valence electrons. The highest BCUT2D eigenvalue weighted by molar-refractivity contribution is 5.67. The Kier molecular flexibility index (Phi) is 19.7. The van der Waals surface area contributed by atoms with Crippen molar-refractivity contribution in [1.82, 2.24) is 0 Å². The zero-order valence-electron chi connectivity index (χ0n) is 27.0. The maximum atomic E-state index is 10.8. The summed E-state index contributed by atoms with van der Waals surface area (Å²) in [5.41, 5.74) is 2.38. The standard InChI is InChI=1S/C18H36O2.C17H26O3/c1-2-3-4-5-6-7-8-9-10-11-12-13-14-15-16-17-18(19)20;1-16(2,3)12-9-11(7-8-14(18)19)10-13(15(12)20)17(4,5)6/h2-17H2,1H3,(H,19,20);9-10,20H,7-8H2,1-6H3,(H,18,19). The van der Waals surface area contributed by atoms with Gasteiger partial charge in [-0.05, 0) is 40.4 Å². The van der Waals surface area contributed by atoms with Crippen LogP contribution in [-0.2, 0) is 26.8 Å². The second-order valence-corrected chi connectivity index (χ2v) is 13.5. The molecule has 0 spiro atoms. The van der Waals surface area contributed by atoms with Crippen LogP contribution in [0.4, 0.5) is 0 Å². The van der Waals surface area contributed by atoms with E-state index in [1.54, 1.807) is 0 Å². The Labute approximate surface area is 246 Å². The summed E-state index contributed by atoms with van der Waals surface area (Å²) in [5, 5.41) is 27.9. The summed E-state index contributed by atoms with van der Waals surface area (Å²) in [4.78, 5) is 21.1. The van der Waals surface area contributed by atoms with Crippen LogP contribution in [0.5, 0.6) is 5.75 Å². The van der Waals surface area contributed by atoms with E-state index in [2.05, 4.69) is 48.5 Å². The molecule has 0 saturated carbocycles. The van der Waals surface area contributed by atoms with Gasteiger partial charge in [-0.15, -0.1) is 0 Å². The van der Waals surface area contributed by atoms with E-state index in [0.717, 1.165) is 29.5 Å². The van der Waals surface area contributed by atoms with Crippen LogP contribution in [0.25, 0.3) is 0 Å². The monoisotopic (exact) mass is 562 g/mol. The average Bonchev–Trinajstić information content (AvgIpc) is 2.84. The predicted octanol–water partition coefficient (Wildman–Crippen LogP) is 10.3. The number of phenolic OH excluding ortho intramolecular Hbond substituents is 1. The van der Waals surface area contributed by atoms with Crippen molar-refractivity contribution in [2.75, 3.05) is 0 Å². The molecule has 0 aromatic heterocycles. The Balaban J connectivity index is 0.000000760. The SMILES string of the molecule is CC(C)(C)c1cc(CCC(=O)O)cc(C(C)(C)C)c1O.CCCCCCCCCCCCCCCCCC(=O)O. The molecule has 0 fully saturated rings. The van der Waals surface area contributed by atoms with Crippen LogP contribution < -0.4 is 0 Å². The van der Waals surface area contributed by atoms with E-state index in [0.29, 0.717) is 18.6 Å². The summed E-state index contributed by atoms with van der Waals surface area (Å²) in [7, 11) is 0. The molecule has 0 aliphatic heterocycles. The van der Waals surface area contributed by atoms with Gasteiger partial charge >= 0.3 is 11.9 Å². The summed E-state index contributed by atoms with van der Waals surface area (Å²) in [6.07, 6.45) is 20.8. The lowest BCUT2D eigenvalue weighted by molar-refractivity contribution is -0.138. The van der Waals surface area contributed by atoms with Crippen molar-refractivity contribution >= 4 is 11.9 Å². The van der Waals surface area contributed by atoms with Crippen LogP contribution in [0.1, 0.15) is 174 Å². The summed E-state index contributed by atoms with van der Waals surface area (Å²) in [5.74, 6) is -1.11. The largest absolute Gasteiger partial charge is 0.507 e. The van der Waals surface area contributed by atoms with Gasteiger partial charge < -0.3 is 15.3 Å². The quantitative estimate of drug-likeness (QED) is 0.146. The molecule has 0 bridgehead atoms. The number of unbranched alkanes of at least 4 members (excludes halogenated alkanes) is 14. The number of aromatic hydroxyl groups is 1. The number of hydrogen-bond acceptors (Lipinski definition) is 3. The first-order valence-corrected chi connectivity index (χ1v) is 16.0. The molecular weight excluding hydrogens is 500 g/mol. The molecule has 0 amide bonds. The minimum Gasteiger partial charge on any atom is -0.507 e. The van der Waals surface area contributed by atoms with E-state index in [4.69, 9.17) is 10.2 Å². The van der Waals surface area contributed by atoms with Gasteiger partial charge in [0, 0.05) is 12.8 Å². The Morgan fingerprint density at radius 1 is 0.575 bits per heavy atom. The molecular formula is C35H62O5. The van der Waals surface area contributed by atoms with Crippen LogP contribution in [0.2, 0.25) is 0 Å². The lowest BCUT2D eigenvalue weighted by atomic mass is 9.78. The normalized spacial score (nSPS) is 11.7. The van der Waals surface area contributed by atoms with Crippen LogP contribution in [0, 0.1) is 0 Å². The van der Waals surface area contributed by atoms with Gasteiger partial charge in [0.2, 0.25) is 0 Å². The Morgan fingerprint density at radius 2 is 0.900 bits per heavy atom. The number of rotatable bonds is 19. The smallest absolute Gasteiger partial charge is 0.303 e. The van der Waals surface area contributed by atoms with Gasteiger partial charge in [0.15, 0.2) is 0 Å². The highest BCUT2D eigenvalue weighted by Gasteiger charge is 2.26. The number of phenols is 1. The van der Waals surface area contributed by atoms with Crippen molar-refractivity contribution in [1.29, 1.82) is 0 Å². The minimum absolute atomic E-state index is 0.109. The maximum Gasteiger partial charge on any atom is 0.303 e. The van der Waals surface area contributed by atoms with Crippen LogP contribution in [0.15, 0.2) is 12.1 Å². The molecule has 1 aromatic rings. The van der Waals surface area contributed by atoms with Crippen LogP contribution in [0.3, 0.4) is 0 Å². The predicted molar refractivity (Wildman–Crippen MR) is 169 cm³/mol. The molecule has 0 unspecified atom stereocenters. The fraction of sp³-hybridized carbons (Fsp3) is 0.771. The van der Waals surface area contributed by atoms with Gasteiger partial charge in [0.1, 0.15) is 5.75 Å². The number of carbonyl (C=O) groups is 2. The first-order valence-electron chi connectivity index (χ1n) is 16.0. The van der Waals surface area contributed by atoms with Crippen LogP contribution >= 0.6 is 0 Å². The molecule has 5 nitrogen and oxygen atoms in total. The third kappa shape index (κ3) is 19.1. The summed E-state index contributed by atoms with van der Waals surface area (Å²) in [6, 6.07) is 3.88. The molecule has 0 radical (unpaired) electrons. The fourth-order valence-corrected chi connectivity index (χ4v) is 4.88. The Hall–Kier alpha value is -2.04. The Bertz CT molecular complexity index is 794. The van der Waals surface area contributed by atoms with Gasteiger partial charge in [0.05, 0.1) is 0 Å². The van der Waals surface area contributed by atoms with E-state index in [9.17, 15) is 14.7 Å². The average molecular weight is 563 g/mol. The van der Waals surface area contributed by atoms with Gasteiger partial charge in [0.25, 0.3) is 0 Å². The minimum atomic E-state index is -0.798. The summed E-state index contributed by atoms with van der Waals surface area (Å²) in [6.45, 7) is 14.6. The first kappa shape index (κ1) is 38.0. The third-order valence-corrected chi connectivity index (χ3v) is 7.41. The van der Waals surface area contributed by atoms with E-state index in [1.807, 2.05) is 12.1 Å². The molecule has 1 rings (SSSR count). The second-order valence-electron chi connectivity index (χ2n) is 13.5. The zero-order chi connectivity index (χ0) is 30.6. The second kappa shape index (κ2) is 20.8. The summed E-state index contributed by atoms with van der Waals surface area (Å²) < 4.78 is 0. The maximum absolute atomic E-state index is 10.8. The summed E-state index contributed by atoms with van der Waals surface area (Å²) >= 11 is 0. The number of aryl methyl sites for hydroxylation is 1. The fourth-order valence-electron chi connectivity index (χ4n) is 4.88. The molecule has 5 heteroatoms. The molecule has 0 saturated heterocycles. The van der Waals surface area contributed by atoms with Gasteiger partial charge in [-0.25, -0.2) is 0 Å². The molecule has 1 aromatic carbocycles. The van der Waals surface area contributed by atoms with Crippen molar-refractivity contribution in [2.45, 2.75) is 175 Å². The van der Waals surface area contributed by atoms with Gasteiger partial charge in [-0.1, -0.05) is 150 Å². The van der Waals surface area contributed by atoms with Crippen molar-refractivity contribution in [3.8, 4) is 5.75 Å². The van der Waals surface area contributed by atoms with E-state index >= 15 is 0 Å². The number of hydrogen-bond donors (Lipinski definition) is 3. The number of benzene rings is 1. The van der Waals surface area contributed by atoms with E-state index < -0.39 is 11.9 Å². The lowest BCUT2D eigenvalue weighted by Gasteiger charge is -2.28. The third-order valence-electron chi connectivity index (χ3n) is 7.41. The van der Waals surface area contributed by atoms with Gasteiger partial charge in [-0.2, -0.15) is 0 Å². The van der Waals surface area contributed by atoms with Crippen molar-refractivity contribution in [3.05, 3.63) is 28.8 Å². The molecule has 40 heavy (non-hydrogen) atoms. The Morgan fingerprint density at radius 3 is 1.20 bits per heavy atom. The molecule has 3 N–H and O–H groups in total. The highest BCUT2D eigenvalue weighted by atomic mass is 16.4. The zero-order valence-corrected chi connectivity index (χ0v) is 27.0. The number of carboxylic acids is 2. The van der Waals surface area contributed by atoms with Gasteiger partial charge in [-0.3, -0.25) is 9.59 Å². The molecule has 0 aliphatic rings.